The van der Waals surface area contributed by atoms with Crippen molar-refractivity contribution in [2.45, 2.75) is 35.7 Å². The number of carboxylic acid groups (broad SMARTS) is 1. The second kappa shape index (κ2) is 16.0. The summed E-state index contributed by atoms with van der Waals surface area (Å²) < 4.78 is 34.3. The number of esters is 1. The molecule has 0 spiro atoms. The number of pyridine rings is 1. The summed E-state index contributed by atoms with van der Waals surface area (Å²) in [5.41, 5.74) is 3.22. The lowest BCUT2D eigenvalue weighted by atomic mass is 9.90. The first kappa shape index (κ1) is 38.0. The first-order chi connectivity index (χ1) is 24.2. The number of carbonyl (C=O) groups is 4. The van der Waals surface area contributed by atoms with Crippen molar-refractivity contribution in [2.75, 3.05) is 13.7 Å². The highest BCUT2D eigenvalue weighted by molar-refractivity contribution is 7.89. The van der Waals surface area contributed by atoms with Crippen LogP contribution in [0.3, 0.4) is 0 Å². The number of nitrogens with one attached hydrogen (secondary N) is 1. The number of sulfonamides is 1. The van der Waals surface area contributed by atoms with Gasteiger partial charge in [-0.2, -0.15) is 4.31 Å². The number of hydrazine groups is 1. The molecule has 1 aliphatic heterocycles. The predicted octanol–water partition coefficient (Wildman–Crippen LogP) is 5.90. The average Bonchev–Trinajstić information content (AvgIpc) is 3.55. The van der Waals surface area contributed by atoms with E-state index in [0.29, 0.717) is 16.1 Å². The van der Waals surface area contributed by atoms with E-state index < -0.39 is 51.8 Å². The summed E-state index contributed by atoms with van der Waals surface area (Å²) >= 11 is 24.8. The predicted molar refractivity (Wildman–Crippen MR) is 189 cm³/mol. The van der Waals surface area contributed by atoms with Crippen molar-refractivity contribution in [3.05, 3.63) is 128 Å². The van der Waals surface area contributed by atoms with Crippen LogP contribution in [0.5, 0.6) is 0 Å². The summed E-state index contributed by atoms with van der Waals surface area (Å²) in [5, 5.41) is 10.8. The Labute approximate surface area is 312 Å². The minimum atomic E-state index is -4.54. The molecular formula is C34H28Cl4N4O8S. The summed E-state index contributed by atoms with van der Waals surface area (Å²) in [6.45, 7) is -0.202. The smallest absolute Gasteiger partial charge is 0.337 e. The minimum absolute atomic E-state index is 0.0203. The van der Waals surface area contributed by atoms with Crippen LogP contribution in [0, 0.1) is 0 Å². The number of methoxy groups -OCH3 is 1. The number of aromatic nitrogens is 1. The van der Waals surface area contributed by atoms with Gasteiger partial charge in [-0.1, -0.05) is 88.9 Å². The Morgan fingerprint density at radius 3 is 2.14 bits per heavy atom. The van der Waals surface area contributed by atoms with Gasteiger partial charge in [-0.05, 0) is 47.9 Å². The van der Waals surface area contributed by atoms with Crippen LogP contribution in [0.1, 0.15) is 44.2 Å². The van der Waals surface area contributed by atoms with Crippen LogP contribution < -0.4 is 5.43 Å². The van der Waals surface area contributed by atoms with Crippen molar-refractivity contribution in [2.24, 2.45) is 0 Å². The van der Waals surface area contributed by atoms with E-state index in [1.54, 1.807) is 42.5 Å². The third kappa shape index (κ3) is 8.30. The van der Waals surface area contributed by atoms with Gasteiger partial charge >= 0.3 is 11.9 Å². The van der Waals surface area contributed by atoms with Gasteiger partial charge in [-0.3, -0.25) is 20.0 Å². The normalized spacial score (nSPS) is 16.6. The zero-order valence-corrected chi connectivity index (χ0v) is 30.3. The molecule has 17 heteroatoms. The molecule has 51 heavy (non-hydrogen) atoms. The molecule has 2 N–H and O–H groups in total. The number of hydrogen-bond acceptors (Lipinski definition) is 8. The van der Waals surface area contributed by atoms with Crippen molar-refractivity contribution in [1.29, 1.82) is 0 Å². The van der Waals surface area contributed by atoms with Crippen molar-refractivity contribution < 1.29 is 37.4 Å². The molecule has 1 aliphatic rings. The fourth-order valence-electron chi connectivity index (χ4n) is 5.82. The molecule has 2 amide bonds. The lowest BCUT2D eigenvalue weighted by molar-refractivity contribution is -0.154. The van der Waals surface area contributed by atoms with Crippen LogP contribution in [0.4, 0.5) is 0 Å². The number of rotatable bonds is 10. The highest BCUT2D eigenvalue weighted by Gasteiger charge is 2.50. The third-order valence-corrected chi connectivity index (χ3v) is 11.1. The number of benzene rings is 3. The molecule has 5 rings (SSSR count). The van der Waals surface area contributed by atoms with Gasteiger partial charge in [-0.15, -0.1) is 0 Å². The topological polar surface area (TPSA) is 163 Å². The molecule has 3 aromatic carbocycles. The van der Waals surface area contributed by atoms with Gasteiger partial charge in [0.2, 0.25) is 10.0 Å². The molecule has 1 unspecified atom stereocenters. The van der Waals surface area contributed by atoms with E-state index in [9.17, 15) is 32.7 Å². The maximum atomic E-state index is 15.0. The quantitative estimate of drug-likeness (QED) is 0.147. The Bertz CT molecular complexity index is 2050. The van der Waals surface area contributed by atoms with Crippen molar-refractivity contribution in [3.8, 4) is 0 Å². The molecule has 1 fully saturated rings. The SMILES string of the molecule is COC(=O)c1ccc([C@@H]2CCN(S(=O)(=O)c3cc(Cl)cc(Cl)c3)C2C(=O)N(NC(=O)c2c(Cl)cncc2Cl)[C@@H](Cc2ccccc2)C(=O)O)cc1. The van der Waals surface area contributed by atoms with Crippen LogP contribution >= 0.6 is 46.4 Å². The van der Waals surface area contributed by atoms with Crippen molar-refractivity contribution >= 4 is 80.2 Å². The molecule has 1 saturated heterocycles. The maximum Gasteiger partial charge on any atom is 0.337 e. The first-order valence-electron chi connectivity index (χ1n) is 15.1. The van der Waals surface area contributed by atoms with E-state index in [0.717, 1.165) is 16.7 Å². The Morgan fingerprint density at radius 2 is 1.57 bits per heavy atom. The molecule has 2 heterocycles. The van der Waals surface area contributed by atoms with E-state index in [2.05, 4.69) is 10.4 Å². The zero-order valence-electron chi connectivity index (χ0n) is 26.5. The molecule has 0 bridgehead atoms. The van der Waals surface area contributed by atoms with Crippen molar-refractivity contribution in [3.63, 3.8) is 0 Å². The molecule has 4 aromatic rings. The molecule has 0 radical (unpaired) electrons. The number of ether oxygens (including phenoxy) is 1. The van der Waals surface area contributed by atoms with E-state index in [4.69, 9.17) is 51.1 Å². The number of aliphatic carboxylic acids is 1. The second-order valence-electron chi connectivity index (χ2n) is 11.3. The standard InChI is InChI=1S/C34H28Cl4N4O8S/c1-50-34(47)21-9-7-20(8-10-21)25-11-12-41(51(48,49)24-15-22(35)14-23(36)16-24)30(25)32(44)42(28(33(45)46)13-19-5-3-2-4-6-19)40-31(43)29-26(37)17-39-18-27(29)38/h2-10,14-18,25,28,30H,11-13H2,1H3,(H,40,43)(H,45,46)/t25-,28-,30?/m0/s1. The van der Waals surface area contributed by atoms with Crippen LogP contribution in [0.15, 0.2) is 90.1 Å². The molecular weight excluding hydrogens is 766 g/mol. The molecule has 266 valence electrons. The lowest BCUT2D eigenvalue weighted by Gasteiger charge is -2.35. The van der Waals surface area contributed by atoms with Crippen LogP contribution in [-0.2, 0) is 30.8 Å². The largest absolute Gasteiger partial charge is 0.480 e. The van der Waals surface area contributed by atoms with E-state index in [-0.39, 0.29) is 55.5 Å². The van der Waals surface area contributed by atoms with Gasteiger partial charge in [-0.25, -0.2) is 23.0 Å². The summed E-state index contributed by atoms with van der Waals surface area (Å²) in [6, 6.07) is 14.6. The fraction of sp³-hybridized carbons (Fsp3) is 0.206. The number of hydrogen-bond donors (Lipinski definition) is 2. The zero-order chi connectivity index (χ0) is 37.0. The Morgan fingerprint density at radius 1 is 0.961 bits per heavy atom. The second-order valence-corrected chi connectivity index (χ2v) is 14.9. The maximum absolute atomic E-state index is 15.0. The van der Waals surface area contributed by atoms with E-state index in [1.807, 2.05) is 0 Å². The summed E-state index contributed by atoms with van der Waals surface area (Å²) in [5.74, 6) is -5.15. The number of amides is 2. The molecule has 0 aliphatic carbocycles. The van der Waals surface area contributed by atoms with Gasteiger partial charge in [0.1, 0.15) is 6.04 Å². The van der Waals surface area contributed by atoms with Crippen LogP contribution in [0.25, 0.3) is 0 Å². The molecule has 1 aromatic heterocycles. The Balaban J connectivity index is 1.66. The summed E-state index contributed by atoms with van der Waals surface area (Å²) in [6.07, 6.45) is 2.08. The number of halogens is 4. The first-order valence-corrected chi connectivity index (χ1v) is 18.0. The Kier molecular flexibility index (Phi) is 11.9. The van der Waals surface area contributed by atoms with Gasteiger partial charge < -0.3 is 9.84 Å². The minimum Gasteiger partial charge on any atom is -0.480 e. The Hall–Kier alpha value is -4.24. The third-order valence-electron chi connectivity index (χ3n) is 8.22. The lowest BCUT2D eigenvalue weighted by Crippen LogP contribution is -2.61. The summed E-state index contributed by atoms with van der Waals surface area (Å²) in [7, 11) is -3.33. The molecule has 12 nitrogen and oxygen atoms in total. The fourth-order valence-corrected chi connectivity index (χ4v) is 8.72. The highest BCUT2D eigenvalue weighted by atomic mass is 35.5. The van der Waals surface area contributed by atoms with Crippen molar-refractivity contribution in [1.82, 2.24) is 19.7 Å². The number of nitrogens with zero attached hydrogens (tertiary/aromatic N) is 3. The monoisotopic (exact) mass is 792 g/mol. The van der Waals surface area contributed by atoms with E-state index >= 15 is 0 Å². The van der Waals surface area contributed by atoms with Gasteiger partial charge in [0.25, 0.3) is 11.8 Å². The van der Waals surface area contributed by atoms with Gasteiger partial charge in [0.05, 0.1) is 33.2 Å². The molecule has 0 saturated carbocycles. The van der Waals surface area contributed by atoms with Gasteiger partial charge in [0, 0.05) is 41.3 Å². The summed E-state index contributed by atoms with van der Waals surface area (Å²) in [4.78, 5) is 57.4. The average molecular weight is 794 g/mol. The van der Waals surface area contributed by atoms with Crippen LogP contribution in [-0.4, -0.2) is 77.3 Å². The highest BCUT2D eigenvalue weighted by Crippen LogP contribution is 2.39. The molecule has 3 atom stereocenters. The van der Waals surface area contributed by atoms with Crippen LogP contribution in [0.2, 0.25) is 20.1 Å². The van der Waals surface area contributed by atoms with E-state index in [1.165, 1.54) is 37.4 Å². The number of carboxylic acids is 1. The van der Waals surface area contributed by atoms with Gasteiger partial charge in [0.15, 0.2) is 6.04 Å². The number of carbonyl (C=O) groups excluding carboxylic acids is 3.